The van der Waals surface area contributed by atoms with Crippen LogP contribution in [0.4, 0.5) is 0 Å². The van der Waals surface area contributed by atoms with Gasteiger partial charge in [-0.1, -0.05) is 25.9 Å². The lowest BCUT2D eigenvalue weighted by atomic mass is 10.0. The molecule has 0 saturated carbocycles. The predicted octanol–water partition coefficient (Wildman–Crippen LogP) is 1.42. The van der Waals surface area contributed by atoms with Gasteiger partial charge in [-0.2, -0.15) is 20.4 Å². The summed E-state index contributed by atoms with van der Waals surface area (Å²) >= 11 is 0. The molecule has 0 aliphatic heterocycles. The lowest BCUT2D eigenvalue weighted by Crippen LogP contribution is -2.36. The summed E-state index contributed by atoms with van der Waals surface area (Å²) in [6.45, 7) is 7.51. The molecule has 2 N–H and O–H groups in total. The van der Waals surface area contributed by atoms with Gasteiger partial charge in [-0.15, -0.1) is 0 Å². The maximum atomic E-state index is 5.27. The highest BCUT2D eigenvalue weighted by Gasteiger charge is 2.18. The van der Waals surface area contributed by atoms with Gasteiger partial charge in [0.05, 0.1) is 6.20 Å². The van der Waals surface area contributed by atoms with Crippen LogP contribution < -0.4 is 5.32 Å². The van der Waals surface area contributed by atoms with Crippen LogP contribution in [-0.4, -0.2) is 38.1 Å². The van der Waals surface area contributed by atoms with Crippen LogP contribution in [0.3, 0.4) is 0 Å². The van der Waals surface area contributed by atoms with Gasteiger partial charge in [-0.3, -0.25) is 0 Å². The smallest absolute Gasteiger partial charge is 0.228 e. The fourth-order valence-electron chi connectivity index (χ4n) is 1.81. The molecule has 0 aliphatic carbocycles. The molecule has 19 heavy (non-hydrogen) atoms. The molecule has 7 nitrogen and oxygen atoms in total. The van der Waals surface area contributed by atoms with Crippen molar-refractivity contribution >= 4 is 0 Å². The molecule has 2 aromatic heterocycles. The van der Waals surface area contributed by atoms with Crippen molar-refractivity contribution in [3.05, 3.63) is 12.1 Å². The average molecular weight is 264 g/mol. The Labute approximate surface area is 112 Å². The third-order valence-corrected chi connectivity index (χ3v) is 2.97. The number of aromatic amines is 1. The van der Waals surface area contributed by atoms with Crippen molar-refractivity contribution in [3.8, 4) is 11.5 Å². The highest BCUT2D eigenvalue weighted by atomic mass is 16.5. The minimum atomic E-state index is 0.338. The van der Waals surface area contributed by atoms with Crippen LogP contribution in [0.5, 0.6) is 0 Å². The second-order valence-corrected chi connectivity index (χ2v) is 4.88. The Morgan fingerprint density at radius 3 is 2.89 bits per heavy atom. The molecular weight excluding hydrogens is 244 g/mol. The number of aromatic nitrogens is 5. The fraction of sp³-hybridized carbons (Fsp3) is 0.667. The van der Waals surface area contributed by atoms with Crippen molar-refractivity contribution in [3.63, 3.8) is 0 Å². The highest BCUT2D eigenvalue weighted by molar-refractivity contribution is 5.44. The van der Waals surface area contributed by atoms with Gasteiger partial charge in [0.1, 0.15) is 0 Å². The molecule has 2 heterocycles. The maximum Gasteiger partial charge on any atom is 0.228 e. The standard InChI is InChI=1S/C12H20N6O/c1-4-5-13-9(8(2)3)6-11-15-12(17-19-11)10-7-14-18-16-10/h7-9,13H,4-6H2,1-3H3,(H,14,16,18). The normalized spacial score (nSPS) is 13.1. The summed E-state index contributed by atoms with van der Waals surface area (Å²) in [5.74, 6) is 1.61. The summed E-state index contributed by atoms with van der Waals surface area (Å²) in [5, 5.41) is 17.6. The Morgan fingerprint density at radius 1 is 1.42 bits per heavy atom. The maximum absolute atomic E-state index is 5.27. The van der Waals surface area contributed by atoms with Crippen molar-refractivity contribution < 1.29 is 4.52 Å². The van der Waals surface area contributed by atoms with Crippen LogP contribution in [-0.2, 0) is 6.42 Å². The second-order valence-electron chi connectivity index (χ2n) is 4.88. The Bertz CT molecular complexity index is 478. The number of rotatable bonds is 7. The lowest BCUT2D eigenvalue weighted by molar-refractivity contribution is 0.326. The molecule has 0 aliphatic rings. The topological polar surface area (TPSA) is 92.5 Å². The van der Waals surface area contributed by atoms with Gasteiger partial charge in [-0.25, -0.2) is 0 Å². The molecule has 104 valence electrons. The number of H-pyrrole nitrogens is 1. The molecule has 0 fully saturated rings. The molecule has 0 amide bonds. The largest absolute Gasteiger partial charge is 0.339 e. The average Bonchev–Trinajstić information content (AvgIpc) is 3.04. The summed E-state index contributed by atoms with van der Waals surface area (Å²) in [4.78, 5) is 4.34. The summed E-state index contributed by atoms with van der Waals surface area (Å²) in [6.07, 6.45) is 3.41. The van der Waals surface area contributed by atoms with E-state index in [2.05, 4.69) is 51.6 Å². The zero-order valence-electron chi connectivity index (χ0n) is 11.6. The quantitative estimate of drug-likeness (QED) is 0.785. The van der Waals surface area contributed by atoms with Crippen molar-refractivity contribution in [2.45, 2.75) is 39.7 Å². The van der Waals surface area contributed by atoms with Gasteiger partial charge in [0, 0.05) is 12.5 Å². The molecule has 0 saturated heterocycles. The van der Waals surface area contributed by atoms with Gasteiger partial charge in [0.25, 0.3) is 0 Å². The van der Waals surface area contributed by atoms with E-state index < -0.39 is 0 Å². The van der Waals surface area contributed by atoms with E-state index in [1.165, 1.54) is 0 Å². The van der Waals surface area contributed by atoms with E-state index in [0.717, 1.165) is 19.4 Å². The summed E-state index contributed by atoms with van der Waals surface area (Å²) in [5.41, 5.74) is 0.595. The molecule has 0 radical (unpaired) electrons. The first-order valence-corrected chi connectivity index (χ1v) is 6.62. The molecule has 0 bridgehead atoms. The second kappa shape index (κ2) is 6.42. The van der Waals surface area contributed by atoms with E-state index in [-0.39, 0.29) is 0 Å². The van der Waals surface area contributed by atoms with Crippen molar-refractivity contribution in [2.24, 2.45) is 5.92 Å². The Morgan fingerprint density at radius 2 is 2.26 bits per heavy atom. The van der Waals surface area contributed by atoms with Crippen LogP contribution in [0.2, 0.25) is 0 Å². The van der Waals surface area contributed by atoms with E-state index in [4.69, 9.17) is 4.52 Å². The first-order chi connectivity index (χ1) is 9.20. The molecule has 0 aromatic carbocycles. The SMILES string of the molecule is CCCNC(Cc1nc(-c2cn[nH]n2)no1)C(C)C. The van der Waals surface area contributed by atoms with Crippen LogP contribution in [0.25, 0.3) is 11.5 Å². The van der Waals surface area contributed by atoms with E-state index in [1.807, 2.05) is 0 Å². The zero-order valence-corrected chi connectivity index (χ0v) is 11.6. The Balaban J connectivity index is 2.01. The van der Waals surface area contributed by atoms with Gasteiger partial charge in [-0.05, 0) is 18.9 Å². The monoisotopic (exact) mass is 264 g/mol. The summed E-state index contributed by atoms with van der Waals surface area (Å²) in [7, 11) is 0. The molecular formula is C12H20N6O. The predicted molar refractivity (Wildman–Crippen MR) is 70.3 cm³/mol. The molecule has 2 rings (SSSR count). The number of nitrogens with one attached hydrogen (secondary N) is 2. The third-order valence-electron chi connectivity index (χ3n) is 2.97. The van der Waals surface area contributed by atoms with Crippen LogP contribution in [0.1, 0.15) is 33.1 Å². The van der Waals surface area contributed by atoms with E-state index in [9.17, 15) is 0 Å². The van der Waals surface area contributed by atoms with Crippen molar-refractivity contribution in [2.75, 3.05) is 6.54 Å². The number of nitrogens with zero attached hydrogens (tertiary/aromatic N) is 4. The Kier molecular flexibility index (Phi) is 4.62. The lowest BCUT2D eigenvalue weighted by Gasteiger charge is -2.20. The van der Waals surface area contributed by atoms with Gasteiger partial charge < -0.3 is 9.84 Å². The first kappa shape index (κ1) is 13.7. The van der Waals surface area contributed by atoms with Crippen LogP contribution >= 0.6 is 0 Å². The first-order valence-electron chi connectivity index (χ1n) is 6.62. The third kappa shape index (κ3) is 3.60. The summed E-state index contributed by atoms with van der Waals surface area (Å²) < 4.78 is 5.27. The molecule has 0 spiro atoms. The fourth-order valence-corrected chi connectivity index (χ4v) is 1.81. The van der Waals surface area contributed by atoms with Crippen molar-refractivity contribution in [1.82, 2.24) is 30.9 Å². The van der Waals surface area contributed by atoms with Gasteiger partial charge in [0.2, 0.25) is 11.7 Å². The number of hydrogen-bond donors (Lipinski definition) is 2. The molecule has 1 atom stereocenters. The minimum absolute atomic E-state index is 0.338. The highest BCUT2D eigenvalue weighted by Crippen LogP contribution is 2.14. The van der Waals surface area contributed by atoms with E-state index >= 15 is 0 Å². The Hall–Kier alpha value is -1.76. The van der Waals surface area contributed by atoms with E-state index in [0.29, 0.717) is 29.4 Å². The van der Waals surface area contributed by atoms with Crippen molar-refractivity contribution in [1.29, 1.82) is 0 Å². The van der Waals surface area contributed by atoms with Gasteiger partial charge >= 0.3 is 0 Å². The molecule has 7 heteroatoms. The zero-order chi connectivity index (χ0) is 13.7. The molecule has 2 aromatic rings. The number of hydrogen-bond acceptors (Lipinski definition) is 6. The molecule has 1 unspecified atom stereocenters. The minimum Gasteiger partial charge on any atom is -0.339 e. The van der Waals surface area contributed by atoms with Crippen LogP contribution in [0.15, 0.2) is 10.7 Å². The van der Waals surface area contributed by atoms with E-state index in [1.54, 1.807) is 6.20 Å². The van der Waals surface area contributed by atoms with Gasteiger partial charge in [0.15, 0.2) is 5.69 Å². The summed E-state index contributed by atoms with van der Waals surface area (Å²) in [6, 6.07) is 0.338. The van der Waals surface area contributed by atoms with Crippen LogP contribution in [0, 0.1) is 5.92 Å².